The van der Waals surface area contributed by atoms with Crippen molar-refractivity contribution in [2.75, 3.05) is 28.7 Å². The van der Waals surface area contributed by atoms with E-state index in [4.69, 9.17) is 4.74 Å². The number of hydrogen-bond donors (Lipinski definition) is 2. The average molecular weight is 451 g/mol. The first kappa shape index (κ1) is 21.3. The molecule has 144 valence electrons. The number of para-hydroxylation sites is 1. The van der Waals surface area contributed by atoms with Gasteiger partial charge in [-0.1, -0.05) is 25.5 Å². The number of benzene rings is 2. The van der Waals surface area contributed by atoms with Crippen LogP contribution in [0.1, 0.15) is 19.8 Å². The molecule has 2 aromatic carbocycles. The van der Waals surface area contributed by atoms with Crippen LogP contribution in [0.4, 0.5) is 11.4 Å². The fourth-order valence-corrected chi connectivity index (χ4v) is 3.15. The highest BCUT2D eigenvalue weighted by atomic mass is 79.9. The van der Waals surface area contributed by atoms with Gasteiger partial charge in [-0.2, -0.15) is 0 Å². The maximum atomic E-state index is 12.0. The number of carbonyl (C=O) groups is 2. The van der Waals surface area contributed by atoms with Crippen LogP contribution in [0.15, 0.2) is 53.0 Å². The second-order valence-electron chi connectivity index (χ2n) is 5.80. The van der Waals surface area contributed by atoms with Gasteiger partial charge >= 0.3 is 0 Å². The van der Waals surface area contributed by atoms with Gasteiger partial charge in [0.25, 0.3) is 0 Å². The zero-order valence-corrected chi connectivity index (χ0v) is 17.6. The number of rotatable bonds is 10. The molecule has 0 saturated heterocycles. The van der Waals surface area contributed by atoms with Crippen molar-refractivity contribution in [1.29, 1.82) is 0 Å². The first-order chi connectivity index (χ1) is 13.1. The molecule has 0 aromatic heterocycles. The number of carbonyl (C=O) groups excluding carboxylic acids is 2. The zero-order valence-electron chi connectivity index (χ0n) is 15.2. The lowest BCUT2D eigenvalue weighted by Crippen LogP contribution is -2.18. The summed E-state index contributed by atoms with van der Waals surface area (Å²) in [5.41, 5.74) is 1.43. The largest absolute Gasteiger partial charge is 0.494 e. The molecule has 7 heteroatoms. The Labute approximate surface area is 172 Å². The van der Waals surface area contributed by atoms with Crippen LogP contribution < -0.4 is 15.4 Å². The molecule has 2 amide bonds. The van der Waals surface area contributed by atoms with E-state index in [-0.39, 0.29) is 23.3 Å². The SMILES string of the molecule is CCCCOc1ccc(NC(=O)CSCC(=O)Nc2ccccc2Br)cc1. The van der Waals surface area contributed by atoms with E-state index in [0.29, 0.717) is 18.0 Å². The van der Waals surface area contributed by atoms with Crippen LogP contribution in [0.5, 0.6) is 5.75 Å². The number of halogens is 1. The van der Waals surface area contributed by atoms with Crippen molar-refractivity contribution < 1.29 is 14.3 Å². The van der Waals surface area contributed by atoms with Crippen molar-refractivity contribution in [2.45, 2.75) is 19.8 Å². The van der Waals surface area contributed by atoms with E-state index < -0.39 is 0 Å². The van der Waals surface area contributed by atoms with Crippen molar-refractivity contribution in [1.82, 2.24) is 0 Å². The molecule has 0 radical (unpaired) electrons. The van der Waals surface area contributed by atoms with E-state index in [2.05, 4.69) is 33.5 Å². The van der Waals surface area contributed by atoms with Crippen LogP contribution in [-0.4, -0.2) is 29.9 Å². The topological polar surface area (TPSA) is 67.4 Å². The van der Waals surface area contributed by atoms with Gasteiger partial charge in [0.05, 0.1) is 23.8 Å². The quantitative estimate of drug-likeness (QED) is 0.503. The Kier molecular flexibility index (Phi) is 9.21. The van der Waals surface area contributed by atoms with Gasteiger partial charge in [-0.05, 0) is 58.7 Å². The van der Waals surface area contributed by atoms with Crippen molar-refractivity contribution >= 4 is 50.9 Å². The number of amides is 2. The van der Waals surface area contributed by atoms with Gasteiger partial charge in [-0.15, -0.1) is 11.8 Å². The van der Waals surface area contributed by atoms with Crippen molar-refractivity contribution in [3.05, 3.63) is 53.0 Å². The number of unbranched alkanes of at least 4 members (excludes halogenated alkanes) is 1. The fraction of sp³-hybridized carbons (Fsp3) is 0.300. The Morgan fingerprint density at radius 3 is 2.33 bits per heavy atom. The maximum Gasteiger partial charge on any atom is 0.234 e. The average Bonchev–Trinajstić information content (AvgIpc) is 2.65. The molecule has 0 fully saturated rings. The molecule has 0 unspecified atom stereocenters. The summed E-state index contributed by atoms with van der Waals surface area (Å²) in [5.74, 6) is 0.915. The summed E-state index contributed by atoms with van der Waals surface area (Å²) < 4.78 is 6.41. The fourth-order valence-electron chi connectivity index (χ4n) is 2.15. The van der Waals surface area contributed by atoms with Gasteiger partial charge in [0.15, 0.2) is 0 Å². The molecule has 0 heterocycles. The van der Waals surface area contributed by atoms with Crippen LogP contribution in [0, 0.1) is 0 Å². The van der Waals surface area contributed by atoms with Crippen LogP contribution in [0.3, 0.4) is 0 Å². The van der Waals surface area contributed by atoms with E-state index in [1.54, 1.807) is 0 Å². The van der Waals surface area contributed by atoms with Gasteiger partial charge in [0.1, 0.15) is 5.75 Å². The highest BCUT2D eigenvalue weighted by molar-refractivity contribution is 9.10. The van der Waals surface area contributed by atoms with Gasteiger partial charge in [-0.25, -0.2) is 0 Å². The first-order valence-electron chi connectivity index (χ1n) is 8.73. The smallest absolute Gasteiger partial charge is 0.234 e. The van der Waals surface area contributed by atoms with Gasteiger partial charge in [0, 0.05) is 10.2 Å². The lowest BCUT2D eigenvalue weighted by Gasteiger charge is -2.09. The number of thioether (sulfide) groups is 1. The molecule has 0 bridgehead atoms. The van der Waals surface area contributed by atoms with Crippen LogP contribution >= 0.6 is 27.7 Å². The van der Waals surface area contributed by atoms with E-state index >= 15 is 0 Å². The second kappa shape index (κ2) is 11.7. The predicted octanol–water partition coefficient (Wildman–Crippen LogP) is 4.94. The Morgan fingerprint density at radius 1 is 1.00 bits per heavy atom. The van der Waals surface area contributed by atoms with Gasteiger partial charge in [-0.3, -0.25) is 9.59 Å². The van der Waals surface area contributed by atoms with Crippen LogP contribution in [0.25, 0.3) is 0 Å². The van der Waals surface area contributed by atoms with Crippen LogP contribution in [0.2, 0.25) is 0 Å². The van der Waals surface area contributed by atoms with E-state index in [0.717, 1.165) is 23.1 Å². The Bertz CT molecular complexity index is 753. The molecule has 0 spiro atoms. The van der Waals surface area contributed by atoms with E-state index in [9.17, 15) is 9.59 Å². The molecular weight excluding hydrogens is 428 g/mol. The lowest BCUT2D eigenvalue weighted by molar-refractivity contribution is -0.114. The van der Waals surface area contributed by atoms with Crippen molar-refractivity contribution in [3.8, 4) is 5.75 Å². The minimum absolute atomic E-state index is 0.145. The predicted molar refractivity (Wildman–Crippen MR) is 116 cm³/mol. The summed E-state index contributed by atoms with van der Waals surface area (Å²) in [7, 11) is 0. The summed E-state index contributed by atoms with van der Waals surface area (Å²) >= 11 is 4.65. The Morgan fingerprint density at radius 2 is 1.67 bits per heavy atom. The van der Waals surface area contributed by atoms with Gasteiger partial charge < -0.3 is 15.4 Å². The summed E-state index contributed by atoms with van der Waals surface area (Å²) in [4.78, 5) is 24.0. The van der Waals surface area contributed by atoms with E-state index in [1.807, 2.05) is 48.5 Å². The first-order valence-corrected chi connectivity index (χ1v) is 10.7. The van der Waals surface area contributed by atoms with E-state index in [1.165, 1.54) is 11.8 Å². The number of nitrogens with one attached hydrogen (secondary N) is 2. The molecule has 2 N–H and O–H groups in total. The summed E-state index contributed by atoms with van der Waals surface area (Å²) in [6, 6.07) is 14.7. The molecular formula is C20H23BrN2O3S. The number of anilines is 2. The third-order valence-electron chi connectivity index (χ3n) is 3.52. The summed E-state index contributed by atoms with van der Waals surface area (Å²) in [5, 5.41) is 5.62. The lowest BCUT2D eigenvalue weighted by atomic mass is 10.3. The Hall–Kier alpha value is -1.99. The molecule has 0 aliphatic rings. The standard InChI is InChI=1S/C20H23BrN2O3S/c1-2-3-12-26-16-10-8-15(9-11-16)22-19(24)13-27-14-20(25)23-18-7-5-4-6-17(18)21/h4-11H,2-3,12-14H2,1H3,(H,22,24)(H,23,25). The number of ether oxygens (including phenoxy) is 1. The third kappa shape index (κ3) is 8.05. The van der Waals surface area contributed by atoms with Gasteiger partial charge in [0.2, 0.25) is 11.8 Å². The maximum absolute atomic E-state index is 12.0. The molecule has 0 aliphatic heterocycles. The molecule has 2 rings (SSSR count). The molecule has 5 nitrogen and oxygen atoms in total. The second-order valence-corrected chi connectivity index (χ2v) is 7.64. The highest BCUT2D eigenvalue weighted by Crippen LogP contribution is 2.21. The third-order valence-corrected chi connectivity index (χ3v) is 5.14. The summed E-state index contributed by atoms with van der Waals surface area (Å²) in [6.45, 7) is 2.81. The summed E-state index contributed by atoms with van der Waals surface area (Å²) in [6.07, 6.45) is 2.11. The zero-order chi connectivity index (χ0) is 19.5. The van der Waals surface area contributed by atoms with Crippen LogP contribution in [-0.2, 0) is 9.59 Å². The highest BCUT2D eigenvalue weighted by Gasteiger charge is 2.08. The van der Waals surface area contributed by atoms with Crippen molar-refractivity contribution in [3.63, 3.8) is 0 Å². The van der Waals surface area contributed by atoms with Crippen molar-refractivity contribution in [2.24, 2.45) is 0 Å². The molecule has 0 saturated carbocycles. The normalized spacial score (nSPS) is 10.3. The minimum Gasteiger partial charge on any atom is -0.494 e. The minimum atomic E-state index is -0.145. The molecule has 0 aliphatic carbocycles. The molecule has 0 atom stereocenters. The molecule has 27 heavy (non-hydrogen) atoms. The molecule has 2 aromatic rings. The Balaban J connectivity index is 1.68. The monoisotopic (exact) mass is 450 g/mol. The number of hydrogen-bond acceptors (Lipinski definition) is 4.